The standard InChI is InChI=1S/C12H14IN3O7/c1-7(13)14(5-6-17)9-4-3-8(15(19)20)10(12(18)23-2)11(9)16(21)22/h3-4,7,17H,5-6H2,1-2H3. The van der Waals surface area contributed by atoms with E-state index in [1.165, 1.54) is 11.0 Å². The van der Waals surface area contributed by atoms with Crippen LogP contribution < -0.4 is 4.90 Å². The van der Waals surface area contributed by atoms with E-state index < -0.39 is 32.8 Å². The van der Waals surface area contributed by atoms with E-state index in [9.17, 15) is 25.0 Å². The largest absolute Gasteiger partial charge is 0.465 e. The summed E-state index contributed by atoms with van der Waals surface area (Å²) in [6.07, 6.45) is 0. The van der Waals surface area contributed by atoms with Crippen LogP contribution in [0.25, 0.3) is 0 Å². The van der Waals surface area contributed by atoms with E-state index in [0.717, 1.165) is 13.2 Å². The Morgan fingerprint density at radius 2 is 2.00 bits per heavy atom. The number of nitrogens with zero attached hydrogens (tertiary/aromatic N) is 3. The molecule has 0 radical (unpaired) electrons. The fourth-order valence-corrected chi connectivity index (χ4v) is 2.62. The third-order valence-electron chi connectivity index (χ3n) is 2.98. The molecule has 0 amide bonds. The number of benzene rings is 1. The lowest BCUT2D eigenvalue weighted by Gasteiger charge is -2.26. The topological polar surface area (TPSA) is 136 Å². The van der Waals surface area contributed by atoms with Crippen molar-refractivity contribution in [3.8, 4) is 0 Å². The summed E-state index contributed by atoms with van der Waals surface area (Å²) in [5, 5.41) is 31.7. The molecule has 0 aromatic heterocycles. The molecule has 0 spiro atoms. The van der Waals surface area contributed by atoms with E-state index in [-0.39, 0.29) is 22.9 Å². The lowest BCUT2D eigenvalue weighted by Crippen LogP contribution is -2.32. The van der Waals surface area contributed by atoms with E-state index in [2.05, 4.69) is 4.74 Å². The molecule has 0 saturated heterocycles. The zero-order valence-corrected chi connectivity index (χ0v) is 14.4. The first-order chi connectivity index (χ1) is 10.8. The number of anilines is 1. The molecule has 1 unspecified atom stereocenters. The smallest absolute Gasteiger partial charge is 0.352 e. The van der Waals surface area contributed by atoms with Crippen LogP contribution in [0.3, 0.4) is 0 Å². The molecule has 23 heavy (non-hydrogen) atoms. The van der Waals surface area contributed by atoms with Crippen LogP contribution in [0.15, 0.2) is 12.1 Å². The van der Waals surface area contributed by atoms with Gasteiger partial charge in [-0.1, -0.05) is 22.6 Å². The predicted molar refractivity (Wildman–Crippen MR) is 89.0 cm³/mol. The van der Waals surface area contributed by atoms with Crippen molar-refractivity contribution in [2.24, 2.45) is 0 Å². The Morgan fingerprint density at radius 3 is 2.39 bits per heavy atom. The molecule has 0 aliphatic heterocycles. The average Bonchev–Trinajstić information content (AvgIpc) is 2.49. The van der Waals surface area contributed by atoms with Gasteiger partial charge in [0, 0.05) is 12.6 Å². The Balaban J connectivity index is 3.76. The Morgan fingerprint density at radius 1 is 1.39 bits per heavy atom. The number of carbonyl (C=O) groups is 1. The van der Waals surface area contributed by atoms with Gasteiger partial charge in [-0.3, -0.25) is 20.2 Å². The van der Waals surface area contributed by atoms with Gasteiger partial charge in [0.25, 0.3) is 5.69 Å². The molecule has 1 atom stereocenters. The molecule has 0 bridgehead atoms. The van der Waals surface area contributed by atoms with Crippen molar-refractivity contribution in [1.82, 2.24) is 0 Å². The Kier molecular flexibility index (Phi) is 6.62. The van der Waals surface area contributed by atoms with Crippen LogP contribution in [0.2, 0.25) is 0 Å². The number of aliphatic hydroxyl groups is 1. The molecule has 11 heteroatoms. The van der Waals surface area contributed by atoms with E-state index >= 15 is 0 Å². The van der Waals surface area contributed by atoms with Gasteiger partial charge < -0.3 is 14.7 Å². The van der Waals surface area contributed by atoms with Gasteiger partial charge in [-0.15, -0.1) is 0 Å². The number of halogens is 1. The summed E-state index contributed by atoms with van der Waals surface area (Å²) in [5.74, 6) is -1.17. The quantitative estimate of drug-likeness (QED) is 0.170. The average molecular weight is 439 g/mol. The number of hydrogen-bond donors (Lipinski definition) is 1. The normalized spacial score (nSPS) is 11.7. The van der Waals surface area contributed by atoms with Crippen LogP contribution >= 0.6 is 22.6 Å². The number of alkyl halides is 1. The number of nitro benzene ring substituents is 2. The SMILES string of the molecule is COC(=O)c1c([N+](=O)[O-])ccc(N(CCO)C(C)I)c1[N+](=O)[O-]. The highest BCUT2D eigenvalue weighted by molar-refractivity contribution is 14.1. The molecule has 1 N–H and O–H groups in total. The zero-order valence-electron chi connectivity index (χ0n) is 12.3. The first-order valence-corrected chi connectivity index (χ1v) is 7.56. The third kappa shape index (κ3) is 4.04. The van der Waals surface area contributed by atoms with Crippen LogP contribution in [0, 0.1) is 20.2 Å². The summed E-state index contributed by atoms with van der Waals surface area (Å²) in [4.78, 5) is 34.1. The summed E-state index contributed by atoms with van der Waals surface area (Å²) in [6.45, 7) is 1.50. The molecule has 0 aliphatic carbocycles. The first-order valence-electron chi connectivity index (χ1n) is 6.31. The molecular formula is C12H14IN3O7. The van der Waals surface area contributed by atoms with Crippen LogP contribution in [0.5, 0.6) is 0 Å². The van der Waals surface area contributed by atoms with Gasteiger partial charge in [0.15, 0.2) is 0 Å². The number of esters is 1. The van der Waals surface area contributed by atoms with Gasteiger partial charge >= 0.3 is 11.7 Å². The number of rotatable bonds is 7. The maximum Gasteiger partial charge on any atom is 0.352 e. The second kappa shape index (κ2) is 8.01. The molecule has 1 aromatic rings. The number of aliphatic hydroxyl groups excluding tert-OH is 1. The maximum atomic E-state index is 11.9. The molecule has 0 heterocycles. The van der Waals surface area contributed by atoms with Gasteiger partial charge in [-0.05, 0) is 13.0 Å². The van der Waals surface area contributed by atoms with E-state index in [1.807, 2.05) is 22.6 Å². The van der Waals surface area contributed by atoms with Crippen LogP contribution in [0.4, 0.5) is 17.1 Å². The van der Waals surface area contributed by atoms with Gasteiger partial charge in [0.2, 0.25) is 5.56 Å². The number of carbonyl (C=O) groups excluding carboxylic acids is 1. The summed E-state index contributed by atoms with van der Waals surface area (Å²) >= 11 is 1.97. The van der Waals surface area contributed by atoms with E-state index in [4.69, 9.17) is 5.11 Å². The first kappa shape index (κ1) is 19.0. The van der Waals surface area contributed by atoms with Crippen molar-refractivity contribution in [2.75, 3.05) is 25.2 Å². The van der Waals surface area contributed by atoms with Gasteiger partial charge in [0.05, 0.1) is 27.6 Å². The minimum atomic E-state index is -1.17. The number of ether oxygens (including phenoxy) is 1. The molecule has 1 rings (SSSR count). The van der Waals surface area contributed by atoms with Crippen molar-refractivity contribution >= 4 is 45.6 Å². The van der Waals surface area contributed by atoms with Crippen molar-refractivity contribution in [2.45, 2.75) is 11.0 Å². The van der Waals surface area contributed by atoms with Crippen molar-refractivity contribution in [3.05, 3.63) is 37.9 Å². The van der Waals surface area contributed by atoms with Crippen molar-refractivity contribution in [1.29, 1.82) is 0 Å². The number of hydrogen-bond acceptors (Lipinski definition) is 8. The highest BCUT2D eigenvalue weighted by Crippen LogP contribution is 2.39. The number of methoxy groups -OCH3 is 1. The second-order valence-corrected chi connectivity index (χ2v) is 6.13. The summed E-state index contributed by atoms with van der Waals surface area (Å²) in [6, 6.07) is 2.20. The lowest BCUT2D eigenvalue weighted by atomic mass is 10.1. The fourth-order valence-electron chi connectivity index (χ4n) is 2.04. The Bertz CT molecular complexity index is 635. The van der Waals surface area contributed by atoms with Gasteiger partial charge in [0.1, 0.15) is 5.69 Å². The van der Waals surface area contributed by atoms with E-state index in [0.29, 0.717) is 0 Å². The zero-order chi connectivity index (χ0) is 17.7. The van der Waals surface area contributed by atoms with Crippen LogP contribution in [0.1, 0.15) is 17.3 Å². The monoisotopic (exact) mass is 439 g/mol. The minimum absolute atomic E-state index is 0.00282. The molecule has 1 aromatic carbocycles. The fraction of sp³-hybridized carbons (Fsp3) is 0.417. The molecule has 0 fully saturated rings. The van der Waals surface area contributed by atoms with E-state index in [1.54, 1.807) is 6.92 Å². The summed E-state index contributed by atoms with van der Waals surface area (Å²) in [7, 11) is 0.981. The maximum absolute atomic E-state index is 11.9. The van der Waals surface area contributed by atoms with Crippen LogP contribution in [-0.2, 0) is 4.74 Å². The highest BCUT2D eigenvalue weighted by atomic mass is 127. The molecule has 0 saturated carbocycles. The van der Waals surface area contributed by atoms with Crippen molar-refractivity contribution < 1.29 is 24.5 Å². The minimum Gasteiger partial charge on any atom is -0.465 e. The summed E-state index contributed by atoms with van der Waals surface area (Å²) < 4.78 is 4.18. The van der Waals surface area contributed by atoms with Crippen LogP contribution in [-0.4, -0.2) is 45.2 Å². The molecular weight excluding hydrogens is 425 g/mol. The predicted octanol–water partition coefficient (Wildman–Crippen LogP) is 1.87. The van der Waals surface area contributed by atoms with Crippen molar-refractivity contribution in [3.63, 3.8) is 0 Å². The number of nitro groups is 2. The molecule has 0 aliphatic rings. The second-order valence-electron chi connectivity index (χ2n) is 4.32. The highest BCUT2D eigenvalue weighted by Gasteiger charge is 2.36. The lowest BCUT2D eigenvalue weighted by molar-refractivity contribution is -0.394. The molecule has 126 valence electrons. The summed E-state index contributed by atoms with van der Waals surface area (Å²) in [5.41, 5.74) is -2.16. The third-order valence-corrected chi connectivity index (χ3v) is 3.66. The van der Waals surface area contributed by atoms with Gasteiger partial charge in [-0.25, -0.2) is 4.79 Å². The van der Waals surface area contributed by atoms with Gasteiger partial charge in [-0.2, -0.15) is 0 Å². The Hall–Kier alpha value is -2.02. The molecule has 10 nitrogen and oxygen atoms in total. The Labute approximate surface area is 144 Å².